The zero-order valence-corrected chi connectivity index (χ0v) is 16.9. The van der Waals surface area contributed by atoms with Crippen molar-refractivity contribution in [1.82, 2.24) is 14.8 Å². The number of amides is 1. The molecule has 3 heterocycles. The summed E-state index contributed by atoms with van der Waals surface area (Å²) in [5.74, 6) is 1.01. The average Bonchev–Trinajstić information content (AvgIpc) is 2.74. The van der Waals surface area contributed by atoms with Gasteiger partial charge in [0, 0.05) is 50.4 Å². The topological polar surface area (TPSA) is 36.4 Å². The van der Waals surface area contributed by atoms with Gasteiger partial charge in [-0.15, -0.1) is 0 Å². The number of carbonyl (C=O) groups excluding carboxylic acids is 1. The molecule has 4 heteroatoms. The molecule has 1 aromatic carbocycles. The summed E-state index contributed by atoms with van der Waals surface area (Å²) in [5.41, 5.74) is 3.55. The standard InChI is InChI=1S/C24H31N3O/c1-2-3-14-27-23-12-15-26(18-21(23)10-11-24(27)28)17-19-7-6-8-20(16-19)22-9-4-5-13-25-22/h4-9,13,16,21,23H,2-3,10-12,14-15,17-18H2,1H3/t21-,23+/m0/s1. The van der Waals surface area contributed by atoms with Crippen molar-refractivity contribution in [2.75, 3.05) is 19.6 Å². The Labute approximate surface area is 168 Å². The summed E-state index contributed by atoms with van der Waals surface area (Å²) >= 11 is 0. The Morgan fingerprint density at radius 1 is 1.14 bits per heavy atom. The third kappa shape index (κ3) is 4.27. The summed E-state index contributed by atoms with van der Waals surface area (Å²) in [5, 5.41) is 0. The normalized spacial score (nSPS) is 22.9. The number of pyridine rings is 1. The van der Waals surface area contributed by atoms with Crippen LogP contribution in [0.5, 0.6) is 0 Å². The van der Waals surface area contributed by atoms with E-state index in [2.05, 4.69) is 52.0 Å². The minimum atomic E-state index is 0.381. The minimum Gasteiger partial charge on any atom is -0.339 e. The molecule has 1 aromatic heterocycles. The maximum absolute atomic E-state index is 12.4. The zero-order chi connectivity index (χ0) is 19.3. The lowest BCUT2D eigenvalue weighted by Crippen LogP contribution is -2.55. The van der Waals surface area contributed by atoms with Crippen molar-refractivity contribution in [2.24, 2.45) is 5.92 Å². The number of carbonyl (C=O) groups is 1. The molecule has 0 N–H and O–H groups in total. The summed E-state index contributed by atoms with van der Waals surface area (Å²) in [6, 6.07) is 15.3. The number of benzene rings is 1. The van der Waals surface area contributed by atoms with Crippen LogP contribution in [0.3, 0.4) is 0 Å². The lowest BCUT2D eigenvalue weighted by molar-refractivity contribution is -0.141. The van der Waals surface area contributed by atoms with Crippen LogP contribution in [0.2, 0.25) is 0 Å². The van der Waals surface area contributed by atoms with Gasteiger partial charge in [-0.05, 0) is 48.9 Å². The highest BCUT2D eigenvalue weighted by Crippen LogP contribution is 2.32. The number of hydrogen-bond acceptors (Lipinski definition) is 3. The largest absolute Gasteiger partial charge is 0.339 e. The number of likely N-dealkylation sites (tertiary alicyclic amines) is 2. The van der Waals surface area contributed by atoms with E-state index in [0.29, 0.717) is 17.9 Å². The number of piperidine rings is 2. The molecule has 0 unspecified atom stereocenters. The van der Waals surface area contributed by atoms with E-state index < -0.39 is 0 Å². The first-order chi connectivity index (χ1) is 13.7. The summed E-state index contributed by atoms with van der Waals surface area (Å²) in [6.07, 6.45) is 7.02. The van der Waals surface area contributed by atoms with Crippen molar-refractivity contribution in [3.05, 3.63) is 54.2 Å². The number of nitrogens with zero attached hydrogens (tertiary/aromatic N) is 3. The molecule has 1 amide bonds. The van der Waals surface area contributed by atoms with Crippen molar-refractivity contribution >= 4 is 5.91 Å². The fourth-order valence-electron chi connectivity index (χ4n) is 4.81. The van der Waals surface area contributed by atoms with Crippen molar-refractivity contribution in [1.29, 1.82) is 0 Å². The van der Waals surface area contributed by atoms with E-state index in [-0.39, 0.29) is 0 Å². The van der Waals surface area contributed by atoms with Gasteiger partial charge >= 0.3 is 0 Å². The van der Waals surface area contributed by atoms with Crippen LogP contribution in [0.15, 0.2) is 48.7 Å². The average molecular weight is 378 g/mol. The number of unbranched alkanes of at least 4 members (excludes halogenated alkanes) is 1. The number of hydrogen-bond donors (Lipinski definition) is 0. The summed E-state index contributed by atoms with van der Waals surface area (Å²) in [4.78, 5) is 21.7. The summed E-state index contributed by atoms with van der Waals surface area (Å²) < 4.78 is 0. The van der Waals surface area contributed by atoms with Gasteiger partial charge in [-0.2, -0.15) is 0 Å². The maximum Gasteiger partial charge on any atom is 0.222 e. The van der Waals surface area contributed by atoms with E-state index in [1.807, 2.05) is 18.3 Å². The molecule has 148 valence electrons. The van der Waals surface area contributed by atoms with Gasteiger partial charge in [-0.3, -0.25) is 14.7 Å². The monoisotopic (exact) mass is 377 g/mol. The van der Waals surface area contributed by atoms with Crippen LogP contribution in [-0.2, 0) is 11.3 Å². The van der Waals surface area contributed by atoms with Gasteiger partial charge < -0.3 is 4.90 Å². The van der Waals surface area contributed by atoms with Crippen molar-refractivity contribution < 1.29 is 4.79 Å². The second-order valence-corrected chi connectivity index (χ2v) is 8.25. The molecule has 2 aromatic rings. The Morgan fingerprint density at radius 2 is 2.07 bits per heavy atom. The molecule has 2 aliphatic heterocycles. The Hall–Kier alpha value is -2.20. The van der Waals surface area contributed by atoms with Crippen LogP contribution in [0.25, 0.3) is 11.3 Å². The van der Waals surface area contributed by atoms with E-state index in [9.17, 15) is 4.79 Å². The fraction of sp³-hybridized carbons (Fsp3) is 0.500. The molecule has 2 atom stereocenters. The van der Waals surface area contributed by atoms with Crippen molar-refractivity contribution in [3.63, 3.8) is 0 Å². The molecule has 0 radical (unpaired) electrons. The first-order valence-electron chi connectivity index (χ1n) is 10.8. The van der Waals surface area contributed by atoms with Gasteiger partial charge in [-0.25, -0.2) is 0 Å². The Bertz CT molecular complexity index is 791. The fourth-order valence-corrected chi connectivity index (χ4v) is 4.81. The molecular formula is C24H31N3O. The van der Waals surface area contributed by atoms with Crippen LogP contribution in [0.1, 0.15) is 44.6 Å². The molecule has 0 saturated carbocycles. The second-order valence-electron chi connectivity index (χ2n) is 8.25. The lowest BCUT2D eigenvalue weighted by atomic mass is 9.83. The molecule has 0 bridgehead atoms. The Balaban J connectivity index is 1.41. The highest BCUT2D eigenvalue weighted by Gasteiger charge is 2.38. The molecule has 28 heavy (non-hydrogen) atoms. The van der Waals surface area contributed by atoms with Gasteiger partial charge in [0.2, 0.25) is 5.91 Å². The van der Waals surface area contributed by atoms with E-state index in [4.69, 9.17) is 0 Å². The number of fused-ring (bicyclic) bond motifs is 1. The minimum absolute atomic E-state index is 0.381. The molecule has 2 saturated heterocycles. The van der Waals surface area contributed by atoms with E-state index in [0.717, 1.165) is 64.0 Å². The SMILES string of the molecule is CCCCN1C(=O)CC[C@H]2CN(Cc3cccc(-c4ccccn4)c3)CC[C@H]21. The molecule has 0 spiro atoms. The highest BCUT2D eigenvalue weighted by molar-refractivity contribution is 5.77. The molecule has 4 nitrogen and oxygen atoms in total. The van der Waals surface area contributed by atoms with Crippen LogP contribution in [0.4, 0.5) is 0 Å². The van der Waals surface area contributed by atoms with Crippen LogP contribution >= 0.6 is 0 Å². The van der Waals surface area contributed by atoms with Gasteiger partial charge in [0.05, 0.1) is 5.69 Å². The molecule has 4 rings (SSSR count). The van der Waals surface area contributed by atoms with Crippen molar-refractivity contribution in [3.8, 4) is 11.3 Å². The third-order valence-electron chi connectivity index (χ3n) is 6.27. The third-order valence-corrected chi connectivity index (χ3v) is 6.27. The van der Waals surface area contributed by atoms with E-state index in [1.54, 1.807) is 0 Å². The molecule has 0 aliphatic carbocycles. The van der Waals surface area contributed by atoms with Gasteiger partial charge in [0.15, 0.2) is 0 Å². The molecule has 2 fully saturated rings. The predicted octanol–water partition coefficient (Wildman–Crippen LogP) is 4.36. The summed E-state index contributed by atoms with van der Waals surface area (Å²) in [6.45, 7) is 6.31. The van der Waals surface area contributed by atoms with Crippen molar-refractivity contribution in [2.45, 2.75) is 51.6 Å². The van der Waals surface area contributed by atoms with E-state index >= 15 is 0 Å². The van der Waals surface area contributed by atoms with Gasteiger partial charge in [0.25, 0.3) is 0 Å². The smallest absolute Gasteiger partial charge is 0.222 e. The summed E-state index contributed by atoms with van der Waals surface area (Å²) in [7, 11) is 0. The highest BCUT2D eigenvalue weighted by atomic mass is 16.2. The second kappa shape index (κ2) is 8.87. The Kier molecular flexibility index (Phi) is 6.06. The first kappa shape index (κ1) is 19.1. The number of aromatic nitrogens is 1. The molecular weight excluding hydrogens is 346 g/mol. The predicted molar refractivity (Wildman–Crippen MR) is 113 cm³/mol. The van der Waals surface area contributed by atoms with E-state index in [1.165, 1.54) is 11.1 Å². The van der Waals surface area contributed by atoms with Crippen LogP contribution < -0.4 is 0 Å². The zero-order valence-electron chi connectivity index (χ0n) is 16.9. The van der Waals surface area contributed by atoms with Gasteiger partial charge in [-0.1, -0.05) is 37.6 Å². The Morgan fingerprint density at radius 3 is 2.89 bits per heavy atom. The van der Waals surface area contributed by atoms with Crippen LogP contribution in [0, 0.1) is 5.92 Å². The maximum atomic E-state index is 12.4. The first-order valence-corrected chi connectivity index (χ1v) is 10.8. The molecule has 2 aliphatic rings. The quantitative estimate of drug-likeness (QED) is 0.750. The lowest BCUT2D eigenvalue weighted by Gasteiger charge is -2.47. The van der Waals surface area contributed by atoms with Gasteiger partial charge in [0.1, 0.15) is 0 Å². The van der Waals surface area contributed by atoms with Crippen LogP contribution in [-0.4, -0.2) is 46.4 Å². The number of rotatable bonds is 6.